The first-order valence-corrected chi connectivity index (χ1v) is 9.78. The lowest BCUT2D eigenvalue weighted by molar-refractivity contribution is -0.149. The van der Waals surface area contributed by atoms with Gasteiger partial charge in [0.05, 0.1) is 10.9 Å². The fraction of sp³-hybridized carbons (Fsp3) is 0.273. The van der Waals surface area contributed by atoms with Gasteiger partial charge in [0.1, 0.15) is 12.1 Å². The second kappa shape index (κ2) is 7.98. The number of carbonyl (C=O) groups excluding carboxylic acids is 1. The number of aromatic amines is 1. The van der Waals surface area contributed by atoms with Crippen molar-refractivity contribution in [2.24, 2.45) is 0 Å². The normalized spacial score (nSPS) is 17.2. The first-order chi connectivity index (χ1) is 14.5. The average molecular weight is 407 g/mol. The molecule has 1 aromatic heterocycles. The number of amides is 1. The first kappa shape index (κ1) is 19.6. The van der Waals surface area contributed by atoms with E-state index in [9.17, 15) is 24.3 Å². The monoisotopic (exact) mass is 407 g/mol. The Hall–Kier alpha value is -3.68. The van der Waals surface area contributed by atoms with Gasteiger partial charge < -0.3 is 15.0 Å². The van der Waals surface area contributed by atoms with Crippen molar-refractivity contribution in [2.45, 2.75) is 31.3 Å². The van der Waals surface area contributed by atoms with Crippen molar-refractivity contribution in [3.63, 3.8) is 0 Å². The molecule has 8 nitrogen and oxygen atoms in total. The molecular weight excluding hydrogens is 386 g/mol. The number of hydrogen-bond donors (Lipinski definition) is 2. The van der Waals surface area contributed by atoms with E-state index >= 15 is 0 Å². The van der Waals surface area contributed by atoms with Crippen LogP contribution in [0.15, 0.2) is 64.2 Å². The zero-order chi connectivity index (χ0) is 21.3. The van der Waals surface area contributed by atoms with Crippen molar-refractivity contribution < 1.29 is 14.7 Å². The molecule has 0 unspecified atom stereocenters. The summed E-state index contributed by atoms with van der Waals surface area (Å²) in [6.07, 6.45) is 1.01. The summed E-state index contributed by atoms with van der Waals surface area (Å²) in [4.78, 5) is 55.0. The largest absolute Gasteiger partial charge is 0.480 e. The molecule has 2 atom stereocenters. The molecule has 154 valence electrons. The van der Waals surface area contributed by atoms with E-state index in [1.165, 1.54) is 4.90 Å². The van der Waals surface area contributed by atoms with E-state index in [4.69, 9.17) is 0 Å². The highest BCUT2D eigenvalue weighted by Gasteiger charge is 2.38. The average Bonchev–Trinajstić information content (AvgIpc) is 3.23. The van der Waals surface area contributed by atoms with Gasteiger partial charge in [-0.15, -0.1) is 0 Å². The standard InChI is InChI=1S/C22H21N3O5/c26-19-15-9-4-5-10-16(15)23-22(30)25(19)18(13-14-7-2-1-3-8-14)20(27)24-12-6-11-17(24)21(28)29/h1-5,7-10,17-18H,6,11-13H2,(H,23,30)(H,28,29)/t17-,18+/m0/s1. The molecule has 2 N–H and O–H groups in total. The van der Waals surface area contributed by atoms with Gasteiger partial charge >= 0.3 is 11.7 Å². The molecule has 0 spiro atoms. The smallest absolute Gasteiger partial charge is 0.329 e. The van der Waals surface area contributed by atoms with Gasteiger partial charge in [0.25, 0.3) is 5.56 Å². The van der Waals surface area contributed by atoms with Crippen LogP contribution in [0.25, 0.3) is 10.9 Å². The number of carboxylic acid groups (broad SMARTS) is 1. The van der Waals surface area contributed by atoms with E-state index in [1.807, 2.05) is 6.07 Å². The first-order valence-electron chi connectivity index (χ1n) is 9.78. The number of aromatic nitrogens is 2. The predicted octanol–water partition coefficient (Wildman–Crippen LogP) is 1.55. The zero-order valence-corrected chi connectivity index (χ0v) is 16.2. The van der Waals surface area contributed by atoms with Gasteiger partial charge in [-0.1, -0.05) is 42.5 Å². The molecule has 2 heterocycles. The summed E-state index contributed by atoms with van der Waals surface area (Å²) in [7, 11) is 0. The molecule has 3 aromatic rings. The van der Waals surface area contributed by atoms with Crippen LogP contribution in [-0.4, -0.2) is 44.0 Å². The van der Waals surface area contributed by atoms with Crippen LogP contribution in [0.2, 0.25) is 0 Å². The highest BCUT2D eigenvalue weighted by atomic mass is 16.4. The summed E-state index contributed by atoms with van der Waals surface area (Å²) in [5, 5.41) is 9.79. The number of aliphatic carboxylic acids is 1. The number of nitrogens with zero attached hydrogens (tertiary/aromatic N) is 2. The zero-order valence-electron chi connectivity index (χ0n) is 16.2. The third-order valence-electron chi connectivity index (χ3n) is 5.53. The third-order valence-corrected chi connectivity index (χ3v) is 5.53. The van der Waals surface area contributed by atoms with E-state index < -0.39 is 35.2 Å². The molecule has 1 aliphatic rings. The Morgan fingerprint density at radius 3 is 2.50 bits per heavy atom. The SMILES string of the molecule is O=C(O)[C@@H]1CCCN1C(=O)[C@@H](Cc1ccccc1)n1c(=O)[nH]c2ccccc2c1=O. The molecule has 0 radical (unpaired) electrons. The minimum Gasteiger partial charge on any atom is -0.480 e. The Morgan fingerprint density at radius 1 is 1.07 bits per heavy atom. The van der Waals surface area contributed by atoms with E-state index in [2.05, 4.69) is 4.98 Å². The number of nitrogens with one attached hydrogen (secondary N) is 1. The summed E-state index contributed by atoms with van der Waals surface area (Å²) in [6, 6.07) is 13.5. The number of fused-ring (bicyclic) bond motifs is 1. The van der Waals surface area contributed by atoms with Crippen LogP contribution in [0.5, 0.6) is 0 Å². The molecule has 1 fully saturated rings. The number of para-hydroxylation sites is 1. The Morgan fingerprint density at radius 2 is 1.77 bits per heavy atom. The van der Waals surface area contributed by atoms with Crippen LogP contribution in [0, 0.1) is 0 Å². The van der Waals surface area contributed by atoms with Crippen LogP contribution in [0.1, 0.15) is 24.4 Å². The van der Waals surface area contributed by atoms with Crippen LogP contribution in [0.4, 0.5) is 0 Å². The molecule has 0 bridgehead atoms. The quantitative estimate of drug-likeness (QED) is 0.666. The van der Waals surface area contributed by atoms with Crippen LogP contribution in [0.3, 0.4) is 0 Å². The lowest BCUT2D eigenvalue weighted by Crippen LogP contribution is -2.49. The summed E-state index contributed by atoms with van der Waals surface area (Å²) in [5.41, 5.74) is -0.116. The number of likely N-dealkylation sites (tertiary alicyclic amines) is 1. The molecule has 8 heteroatoms. The van der Waals surface area contributed by atoms with E-state index in [-0.39, 0.29) is 13.0 Å². The van der Waals surface area contributed by atoms with Crippen molar-refractivity contribution in [2.75, 3.05) is 6.54 Å². The molecule has 0 aliphatic carbocycles. The van der Waals surface area contributed by atoms with Gasteiger partial charge in [-0.05, 0) is 30.5 Å². The maximum absolute atomic E-state index is 13.5. The summed E-state index contributed by atoms with van der Waals surface area (Å²) in [5.74, 6) is -1.62. The van der Waals surface area contributed by atoms with Crippen molar-refractivity contribution in [1.29, 1.82) is 0 Å². The van der Waals surface area contributed by atoms with Crippen LogP contribution >= 0.6 is 0 Å². The number of rotatable bonds is 5. The van der Waals surface area contributed by atoms with Crippen LogP contribution < -0.4 is 11.2 Å². The topological polar surface area (TPSA) is 112 Å². The summed E-state index contributed by atoms with van der Waals surface area (Å²) >= 11 is 0. The Balaban J connectivity index is 1.85. The van der Waals surface area contributed by atoms with Crippen molar-refractivity contribution in [3.8, 4) is 0 Å². The second-order valence-corrected chi connectivity index (χ2v) is 7.38. The van der Waals surface area contributed by atoms with Gasteiger partial charge in [0.2, 0.25) is 5.91 Å². The number of H-pyrrole nitrogens is 1. The number of hydrogen-bond acceptors (Lipinski definition) is 4. The van der Waals surface area contributed by atoms with Gasteiger partial charge in [0.15, 0.2) is 0 Å². The molecule has 1 aliphatic heterocycles. The fourth-order valence-electron chi connectivity index (χ4n) is 4.06. The molecule has 1 amide bonds. The van der Waals surface area contributed by atoms with Gasteiger partial charge in [0, 0.05) is 13.0 Å². The van der Waals surface area contributed by atoms with E-state index in [0.717, 1.165) is 10.1 Å². The van der Waals surface area contributed by atoms with Gasteiger partial charge in [-0.2, -0.15) is 0 Å². The molecular formula is C22H21N3O5. The summed E-state index contributed by atoms with van der Waals surface area (Å²) < 4.78 is 0.925. The van der Waals surface area contributed by atoms with Crippen LogP contribution in [-0.2, 0) is 16.0 Å². The molecule has 4 rings (SSSR count). The van der Waals surface area contributed by atoms with Gasteiger partial charge in [-0.3, -0.25) is 9.59 Å². The fourth-order valence-corrected chi connectivity index (χ4v) is 4.06. The maximum Gasteiger partial charge on any atom is 0.329 e. The second-order valence-electron chi connectivity index (χ2n) is 7.38. The lowest BCUT2D eigenvalue weighted by atomic mass is 10.0. The summed E-state index contributed by atoms with van der Waals surface area (Å²) in [6.45, 7) is 0.279. The Bertz CT molecular complexity index is 1210. The Kier molecular flexibility index (Phi) is 5.22. The minimum atomic E-state index is -1.15. The minimum absolute atomic E-state index is 0.101. The third kappa shape index (κ3) is 3.52. The van der Waals surface area contributed by atoms with Crippen molar-refractivity contribution in [3.05, 3.63) is 81.0 Å². The van der Waals surface area contributed by atoms with Crippen molar-refractivity contribution >= 4 is 22.8 Å². The molecule has 2 aromatic carbocycles. The Labute approximate surface area is 171 Å². The maximum atomic E-state index is 13.5. The predicted molar refractivity (Wildman–Crippen MR) is 110 cm³/mol. The highest BCUT2D eigenvalue weighted by Crippen LogP contribution is 2.23. The van der Waals surface area contributed by atoms with E-state index in [1.54, 1.807) is 48.5 Å². The van der Waals surface area contributed by atoms with Gasteiger partial charge in [-0.25, -0.2) is 14.2 Å². The molecule has 1 saturated heterocycles. The lowest BCUT2D eigenvalue weighted by Gasteiger charge is -2.27. The number of carbonyl (C=O) groups is 2. The highest BCUT2D eigenvalue weighted by molar-refractivity contribution is 5.87. The van der Waals surface area contributed by atoms with Crippen molar-refractivity contribution in [1.82, 2.24) is 14.5 Å². The molecule has 0 saturated carbocycles. The molecule has 30 heavy (non-hydrogen) atoms. The number of carboxylic acids is 1. The van der Waals surface area contributed by atoms with E-state index in [0.29, 0.717) is 23.7 Å². The number of benzene rings is 2.